The van der Waals surface area contributed by atoms with Crippen LogP contribution in [0.5, 0.6) is 0 Å². The predicted molar refractivity (Wildman–Crippen MR) is 75.2 cm³/mol. The van der Waals surface area contributed by atoms with Crippen LogP contribution in [0, 0.1) is 13.8 Å². The molecule has 0 amide bonds. The molecule has 0 fully saturated rings. The molecule has 6 nitrogen and oxygen atoms in total. The molecule has 0 unspecified atom stereocenters. The molecule has 0 saturated carbocycles. The Morgan fingerprint density at radius 3 is 2.45 bits per heavy atom. The van der Waals surface area contributed by atoms with E-state index < -0.39 is 11.9 Å². The van der Waals surface area contributed by atoms with Gasteiger partial charge in [-0.25, -0.2) is 4.98 Å². The highest BCUT2D eigenvalue weighted by molar-refractivity contribution is 7.99. The molecule has 106 valence electrons. The van der Waals surface area contributed by atoms with Crippen LogP contribution in [0.3, 0.4) is 0 Å². The molecule has 1 aromatic carbocycles. The van der Waals surface area contributed by atoms with Gasteiger partial charge in [-0.05, 0) is 37.1 Å². The number of hydrogen-bond donors (Lipinski definition) is 2. The maximum absolute atomic E-state index is 11.0. The molecule has 20 heavy (non-hydrogen) atoms. The molecule has 1 heterocycles. The van der Waals surface area contributed by atoms with Crippen molar-refractivity contribution < 1.29 is 19.8 Å². The van der Waals surface area contributed by atoms with E-state index >= 15 is 0 Å². The lowest BCUT2D eigenvalue weighted by molar-refractivity contribution is -0.137. The number of thioether (sulfide) groups is 1. The standard InChI is InChI=1S/C13H14N2O4S/c1-7-3-9-10(4-8(7)2)15(5-11(16)17)13(14-9)20-6-12(18)19/h3-4H,5-6H2,1-2H3,(H,16,17)(H,18,19). The Morgan fingerprint density at radius 1 is 1.20 bits per heavy atom. The van der Waals surface area contributed by atoms with E-state index in [1.54, 1.807) is 0 Å². The van der Waals surface area contributed by atoms with Gasteiger partial charge in [-0.2, -0.15) is 0 Å². The first-order chi connectivity index (χ1) is 9.38. The van der Waals surface area contributed by atoms with Crippen LogP contribution in [0.15, 0.2) is 17.3 Å². The lowest BCUT2D eigenvalue weighted by Crippen LogP contribution is -2.10. The average Bonchev–Trinajstić information content (AvgIpc) is 2.65. The van der Waals surface area contributed by atoms with Gasteiger partial charge >= 0.3 is 11.9 Å². The highest BCUT2D eigenvalue weighted by Crippen LogP contribution is 2.26. The Morgan fingerprint density at radius 2 is 1.85 bits per heavy atom. The highest BCUT2D eigenvalue weighted by atomic mass is 32.2. The molecule has 1 aromatic heterocycles. The first kappa shape index (κ1) is 14.4. The smallest absolute Gasteiger partial charge is 0.323 e. The largest absolute Gasteiger partial charge is 0.481 e. The van der Waals surface area contributed by atoms with Crippen molar-refractivity contribution in [2.45, 2.75) is 25.5 Å². The topological polar surface area (TPSA) is 92.4 Å². The molecular formula is C13H14N2O4S. The number of hydrogen-bond acceptors (Lipinski definition) is 4. The molecule has 0 spiro atoms. The molecule has 0 atom stereocenters. The minimum absolute atomic E-state index is 0.152. The zero-order valence-electron chi connectivity index (χ0n) is 11.1. The maximum atomic E-state index is 11.0. The van der Waals surface area contributed by atoms with Gasteiger partial charge in [0.15, 0.2) is 5.16 Å². The van der Waals surface area contributed by atoms with Gasteiger partial charge < -0.3 is 14.8 Å². The zero-order valence-corrected chi connectivity index (χ0v) is 11.9. The second-order valence-corrected chi connectivity index (χ2v) is 5.42. The van der Waals surface area contributed by atoms with Crippen molar-refractivity contribution in [1.82, 2.24) is 9.55 Å². The van der Waals surface area contributed by atoms with E-state index in [1.807, 2.05) is 26.0 Å². The first-order valence-corrected chi connectivity index (χ1v) is 6.91. The number of aliphatic carboxylic acids is 2. The number of carboxylic acid groups (broad SMARTS) is 2. The Kier molecular flexibility index (Phi) is 3.99. The number of aromatic nitrogens is 2. The van der Waals surface area contributed by atoms with Crippen molar-refractivity contribution >= 4 is 34.7 Å². The summed E-state index contributed by atoms with van der Waals surface area (Å²) in [7, 11) is 0. The molecule has 7 heteroatoms. The molecule has 2 aromatic rings. The highest BCUT2D eigenvalue weighted by Gasteiger charge is 2.15. The third-order valence-electron chi connectivity index (χ3n) is 2.95. The second-order valence-electron chi connectivity index (χ2n) is 4.48. The third kappa shape index (κ3) is 2.93. The van der Waals surface area contributed by atoms with E-state index in [0.717, 1.165) is 22.9 Å². The summed E-state index contributed by atoms with van der Waals surface area (Å²) in [5, 5.41) is 18.1. The third-order valence-corrected chi connectivity index (χ3v) is 3.91. The zero-order chi connectivity index (χ0) is 14.9. The van der Waals surface area contributed by atoms with Crippen molar-refractivity contribution in [2.75, 3.05) is 5.75 Å². The van der Waals surface area contributed by atoms with Crippen molar-refractivity contribution in [2.24, 2.45) is 0 Å². The van der Waals surface area contributed by atoms with Crippen LogP contribution in [0.25, 0.3) is 11.0 Å². The molecule has 2 rings (SSSR count). The minimum Gasteiger partial charge on any atom is -0.481 e. The summed E-state index contributed by atoms with van der Waals surface area (Å²) >= 11 is 1.02. The summed E-state index contributed by atoms with van der Waals surface area (Å²) < 4.78 is 1.54. The van der Waals surface area contributed by atoms with Crippen LogP contribution in [0.2, 0.25) is 0 Å². The van der Waals surface area contributed by atoms with Gasteiger partial charge in [0.05, 0.1) is 16.8 Å². The van der Waals surface area contributed by atoms with Crippen molar-refractivity contribution in [3.8, 4) is 0 Å². The minimum atomic E-state index is -0.986. The number of aryl methyl sites for hydroxylation is 2. The van der Waals surface area contributed by atoms with Gasteiger partial charge in [0, 0.05) is 0 Å². The number of fused-ring (bicyclic) bond motifs is 1. The number of nitrogens with zero attached hydrogens (tertiary/aromatic N) is 2. The molecule has 0 bridgehead atoms. The predicted octanol–water partition coefficient (Wildman–Crippen LogP) is 1.91. The fourth-order valence-electron chi connectivity index (χ4n) is 1.88. The van der Waals surface area contributed by atoms with Crippen molar-refractivity contribution in [1.29, 1.82) is 0 Å². The number of carbonyl (C=O) groups is 2. The molecule has 0 radical (unpaired) electrons. The molecule has 0 aliphatic heterocycles. The quantitative estimate of drug-likeness (QED) is 0.818. The maximum Gasteiger partial charge on any atom is 0.323 e. The summed E-state index contributed by atoms with van der Waals surface area (Å²) in [5.74, 6) is -2.10. The van der Waals surface area contributed by atoms with Crippen LogP contribution in [0.1, 0.15) is 11.1 Å². The molecule has 2 N–H and O–H groups in total. The van der Waals surface area contributed by atoms with Gasteiger partial charge in [0.1, 0.15) is 6.54 Å². The molecular weight excluding hydrogens is 280 g/mol. The summed E-state index contributed by atoms with van der Waals surface area (Å²) in [6.45, 7) is 3.66. The first-order valence-electron chi connectivity index (χ1n) is 5.92. The summed E-state index contributed by atoms with van der Waals surface area (Å²) in [4.78, 5) is 26.0. The van der Waals surface area contributed by atoms with Crippen LogP contribution in [-0.2, 0) is 16.1 Å². The lowest BCUT2D eigenvalue weighted by Gasteiger charge is -2.06. The van der Waals surface area contributed by atoms with Gasteiger partial charge in [0.25, 0.3) is 0 Å². The van der Waals surface area contributed by atoms with Crippen LogP contribution >= 0.6 is 11.8 Å². The van der Waals surface area contributed by atoms with E-state index in [-0.39, 0.29) is 12.3 Å². The average molecular weight is 294 g/mol. The fourth-order valence-corrected chi connectivity index (χ4v) is 2.62. The number of carboxylic acids is 2. The van der Waals surface area contributed by atoms with E-state index in [4.69, 9.17) is 10.2 Å². The normalized spacial score (nSPS) is 10.9. The Bertz CT molecular complexity index is 693. The summed E-state index contributed by atoms with van der Waals surface area (Å²) in [6, 6.07) is 3.76. The number of benzene rings is 1. The molecule has 0 aliphatic rings. The lowest BCUT2D eigenvalue weighted by atomic mass is 10.1. The van der Waals surface area contributed by atoms with Crippen molar-refractivity contribution in [3.05, 3.63) is 23.3 Å². The number of rotatable bonds is 5. The van der Waals surface area contributed by atoms with Crippen LogP contribution < -0.4 is 0 Å². The molecule has 0 aliphatic carbocycles. The van der Waals surface area contributed by atoms with E-state index in [9.17, 15) is 9.59 Å². The SMILES string of the molecule is Cc1cc2nc(SCC(=O)O)n(CC(=O)O)c2cc1C. The second kappa shape index (κ2) is 5.54. The Labute approximate surface area is 119 Å². The summed E-state index contributed by atoms with van der Waals surface area (Å²) in [5.41, 5.74) is 3.50. The van der Waals surface area contributed by atoms with Crippen LogP contribution in [-0.4, -0.2) is 37.5 Å². The summed E-state index contributed by atoms with van der Waals surface area (Å²) in [6.07, 6.45) is 0. The van der Waals surface area contributed by atoms with Crippen LogP contribution in [0.4, 0.5) is 0 Å². The van der Waals surface area contributed by atoms with Gasteiger partial charge in [-0.15, -0.1) is 0 Å². The Hall–Kier alpha value is -2.02. The monoisotopic (exact) mass is 294 g/mol. The van der Waals surface area contributed by atoms with E-state index in [2.05, 4.69) is 4.98 Å². The number of imidazole rings is 1. The fraction of sp³-hybridized carbons (Fsp3) is 0.308. The van der Waals surface area contributed by atoms with E-state index in [0.29, 0.717) is 16.2 Å². The molecule has 0 saturated heterocycles. The Balaban J connectivity index is 2.54. The van der Waals surface area contributed by atoms with Gasteiger partial charge in [-0.3, -0.25) is 9.59 Å². The van der Waals surface area contributed by atoms with Crippen molar-refractivity contribution in [3.63, 3.8) is 0 Å². The van der Waals surface area contributed by atoms with E-state index in [1.165, 1.54) is 4.57 Å². The van der Waals surface area contributed by atoms with Gasteiger partial charge in [0.2, 0.25) is 0 Å². The van der Waals surface area contributed by atoms with Gasteiger partial charge in [-0.1, -0.05) is 11.8 Å².